The van der Waals surface area contributed by atoms with Gasteiger partial charge in [-0.15, -0.1) is 0 Å². The van der Waals surface area contributed by atoms with E-state index in [0.717, 1.165) is 16.4 Å². The van der Waals surface area contributed by atoms with Crippen LogP contribution in [0.5, 0.6) is 0 Å². The van der Waals surface area contributed by atoms with Gasteiger partial charge in [0.2, 0.25) is 10.0 Å². The fourth-order valence-corrected chi connectivity index (χ4v) is 3.11. The van der Waals surface area contributed by atoms with Crippen LogP contribution in [-0.4, -0.2) is 24.9 Å². The molecule has 6 nitrogen and oxygen atoms in total. The molecule has 0 bridgehead atoms. The van der Waals surface area contributed by atoms with Gasteiger partial charge in [-0.25, -0.2) is 12.8 Å². The molecule has 0 aliphatic heterocycles. The monoisotopic (exact) mass is 313 g/mol. The lowest BCUT2D eigenvalue weighted by molar-refractivity contribution is 0.390. The van der Waals surface area contributed by atoms with Crippen LogP contribution in [0.15, 0.2) is 27.6 Å². The second-order valence-electron chi connectivity index (χ2n) is 4.75. The summed E-state index contributed by atoms with van der Waals surface area (Å²) in [6, 6.07) is 3.49. The van der Waals surface area contributed by atoms with Crippen molar-refractivity contribution in [2.45, 2.75) is 25.3 Å². The molecule has 114 valence electrons. The molecule has 0 aliphatic carbocycles. The summed E-state index contributed by atoms with van der Waals surface area (Å²) in [5.41, 5.74) is 6.86. The molecule has 0 amide bonds. The van der Waals surface area contributed by atoms with Crippen LogP contribution in [0.25, 0.3) is 0 Å². The zero-order valence-corrected chi connectivity index (χ0v) is 12.7. The Morgan fingerprint density at radius 3 is 2.57 bits per heavy atom. The SMILES string of the molecule is Cc1noc(C)c1CN(C)S(=O)(=O)c1ccc(N)cc1F. The van der Waals surface area contributed by atoms with Crippen LogP contribution in [0.2, 0.25) is 0 Å². The molecule has 8 heteroatoms. The molecule has 0 fully saturated rings. The third-order valence-electron chi connectivity index (χ3n) is 3.21. The zero-order chi connectivity index (χ0) is 15.8. The van der Waals surface area contributed by atoms with Crippen molar-refractivity contribution in [1.29, 1.82) is 0 Å². The maximum Gasteiger partial charge on any atom is 0.246 e. The van der Waals surface area contributed by atoms with Gasteiger partial charge in [-0.1, -0.05) is 5.16 Å². The molecule has 2 aromatic rings. The van der Waals surface area contributed by atoms with Gasteiger partial charge in [0, 0.05) is 24.8 Å². The van der Waals surface area contributed by atoms with Gasteiger partial charge in [0.15, 0.2) is 0 Å². The number of hydrogen-bond acceptors (Lipinski definition) is 5. The lowest BCUT2D eigenvalue weighted by atomic mass is 10.2. The molecule has 21 heavy (non-hydrogen) atoms. The van der Waals surface area contributed by atoms with Gasteiger partial charge in [-0.2, -0.15) is 4.31 Å². The predicted octanol–water partition coefficient (Wildman–Crippen LogP) is 1.83. The van der Waals surface area contributed by atoms with E-state index in [1.807, 2.05) is 0 Å². The van der Waals surface area contributed by atoms with E-state index in [1.54, 1.807) is 13.8 Å². The number of benzene rings is 1. The highest BCUT2D eigenvalue weighted by Gasteiger charge is 2.26. The van der Waals surface area contributed by atoms with E-state index in [9.17, 15) is 12.8 Å². The number of halogens is 1. The number of sulfonamides is 1. The second-order valence-corrected chi connectivity index (χ2v) is 6.77. The molecule has 2 N–H and O–H groups in total. The Morgan fingerprint density at radius 1 is 1.38 bits per heavy atom. The Hall–Kier alpha value is -1.93. The van der Waals surface area contributed by atoms with Crippen LogP contribution in [-0.2, 0) is 16.6 Å². The van der Waals surface area contributed by atoms with Gasteiger partial charge in [0.1, 0.15) is 16.5 Å². The van der Waals surface area contributed by atoms with Crippen molar-refractivity contribution in [3.05, 3.63) is 41.0 Å². The molecule has 0 unspecified atom stereocenters. The molecule has 0 aliphatic rings. The van der Waals surface area contributed by atoms with Gasteiger partial charge >= 0.3 is 0 Å². The van der Waals surface area contributed by atoms with Crippen molar-refractivity contribution in [2.75, 3.05) is 12.8 Å². The number of nitrogen functional groups attached to an aromatic ring is 1. The maximum absolute atomic E-state index is 13.8. The summed E-state index contributed by atoms with van der Waals surface area (Å²) >= 11 is 0. The average molecular weight is 313 g/mol. The minimum Gasteiger partial charge on any atom is -0.399 e. The van der Waals surface area contributed by atoms with Crippen molar-refractivity contribution in [3.63, 3.8) is 0 Å². The van der Waals surface area contributed by atoms with Crippen LogP contribution >= 0.6 is 0 Å². The summed E-state index contributed by atoms with van der Waals surface area (Å²) in [6.45, 7) is 3.46. The van der Waals surface area contributed by atoms with Crippen molar-refractivity contribution in [2.24, 2.45) is 0 Å². The topological polar surface area (TPSA) is 89.4 Å². The highest BCUT2D eigenvalue weighted by atomic mass is 32.2. The standard InChI is InChI=1S/C13H16FN3O3S/c1-8-11(9(2)20-16-8)7-17(3)21(18,19)13-5-4-10(15)6-12(13)14/h4-6H,7,15H2,1-3H3. The van der Waals surface area contributed by atoms with Crippen molar-refractivity contribution in [3.8, 4) is 0 Å². The van der Waals surface area contributed by atoms with E-state index in [-0.39, 0.29) is 12.2 Å². The molecule has 0 saturated heterocycles. The smallest absolute Gasteiger partial charge is 0.246 e. The average Bonchev–Trinajstić information content (AvgIpc) is 2.70. The summed E-state index contributed by atoms with van der Waals surface area (Å²) < 4.78 is 44.7. The number of hydrogen-bond donors (Lipinski definition) is 1. The molecule has 1 heterocycles. The Balaban J connectivity index is 2.35. The fraction of sp³-hybridized carbons (Fsp3) is 0.308. The third-order valence-corrected chi connectivity index (χ3v) is 5.04. The molecular weight excluding hydrogens is 297 g/mol. The highest BCUT2D eigenvalue weighted by molar-refractivity contribution is 7.89. The Bertz CT molecular complexity index is 751. The number of nitrogens with zero attached hydrogens (tertiary/aromatic N) is 2. The van der Waals surface area contributed by atoms with Crippen LogP contribution in [0.1, 0.15) is 17.0 Å². The van der Waals surface area contributed by atoms with Crippen LogP contribution < -0.4 is 5.73 Å². The van der Waals surface area contributed by atoms with Gasteiger partial charge in [0.05, 0.1) is 5.69 Å². The third kappa shape index (κ3) is 2.91. The van der Waals surface area contributed by atoms with Crippen molar-refractivity contribution < 1.29 is 17.3 Å². The molecule has 1 aromatic carbocycles. The lowest BCUT2D eigenvalue weighted by Crippen LogP contribution is -2.27. The minimum atomic E-state index is -3.96. The van der Waals surface area contributed by atoms with Gasteiger partial charge in [-0.05, 0) is 32.0 Å². The number of aryl methyl sites for hydroxylation is 2. The number of nitrogens with two attached hydrogens (primary N) is 1. The van der Waals surface area contributed by atoms with Gasteiger partial charge in [0.25, 0.3) is 0 Å². The summed E-state index contributed by atoms with van der Waals surface area (Å²) in [5, 5.41) is 3.77. The summed E-state index contributed by atoms with van der Waals surface area (Å²) in [4.78, 5) is -0.411. The van der Waals surface area contributed by atoms with Crippen LogP contribution in [0.4, 0.5) is 10.1 Å². The van der Waals surface area contributed by atoms with Crippen molar-refractivity contribution in [1.82, 2.24) is 9.46 Å². The first kappa shape index (κ1) is 15.5. The van der Waals surface area contributed by atoms with E-state index in [4.69, 9.17) is 10.3 Å². The Labute approximate surface area is 122 Å². The van der Waals surface area contributed by atoms with E-state index in [1.165, 1.54) is 13.1 Å². The number of aromatic nitrogens is 1. The summed E-state index contributed by atoms with van der Waals surface area (Å²) in [5.74, 6) is -0.340. The maximum atomic E-state index is 13.8. The van der Waals surface area contributed by atoms with E-state index in [2.05, 4.69) is 5.16 Å². The molecule has 0 radical (unpaired) electrons. The second kappa shape index (κ2) is 5.45. The Morgan fingerprint density at radius 2 is 2.05 bits per heavy atom. The van der Waals surface area contributed by atoms with E-state index in [0.29, 0.717) is 17.0 Å². The van der Waals surface area contributed by atoms with Crippen molar-refractivity contribution >= 4 is 15.7 Å². The zero-order valence-electron chi connectivity index (χ0n) is 11.9. The first-order valence-corrected chi connectivity index (χ1v) is 7.60. The molecular formula is C13H16FN3O3S. The van der Waals surface area contributed by atoms with Crippen LogP contribution in [0.3, 0.4) is 0 Å². The molecule has 1 aromatic heterocycles. The molecule has 2 rings (SSSR count). The molecule has 0 saturated carbocycles. The molecule has 0 atom stereocenters. The first-order chi connectivity index (χ1) is 9.73. The van der Waals surface area contributed by atoms with E-state index >= 15 is 0 Å². The summed E-state index contributed by atoms with van der Waals surface area (Å²) in [6.07, 6.45) is 0. The van der Waals surface area contributed by atoms with Gasteiger partial charge in [-0.3, -0.25) is 0 Å². The predicted molar refractivity (Wildman–Crippen MR) is 75.4 cm³/mol. The van der Waals surface area contributed by atoms with Gasteiger partial charge < -0.3 is 10.3 Å². The normalized spacial score (nSPS) is 12.0. The lowest BCUT2D eigenvalue weighted by Gasteiger charge is -2.17. The minimum absolute atomic E-state index is 0.0489. The quantitative estimate of drug-likeness (QED) is 0.870. The fourth-order valence-electron chi connectivity index (χ4n) is 1.93. The van der Waals surface area contributed by atoms with Crippen LogP contribution in [0, 0.1) is 19.7 Å². The first-order valence-electron chi connectivity index (χ1n) is 6.16. The largest absolute Gasteiger partial charge is 0.399 e. The summed E-state index contributed by atoms with van der Waals surface area (Å²) in [7, 11) is -2.59. The highest BCUT2D eigenvalue weighted by Crippen LogP contribution is 2.23. The molecule has 0 spiro atoms. The Kier molecular flexibility index (Phi) is 4.02. The number of rotatable bonds is 4. The van der Waals surface area contributed by atoms with E-state index < -0.39 is 20.7 Å². The number of anilines is 1.